The van der Waals surface area contributed by atoms with E-state index in [-0.39, 0.29) is 29.0 Å². The van der Waals surface area contributed by atoms with Gasteiger partial charge in [-0.25, -0.2) is 9.25 Å². The maximum absolute atomic E-state index is 12.3. The van der Waals surface area contributed by atoms with Gasteiger partial charge in [0.2, 0.25) is 0 Å². The van der Waals surface area contributed by atoms with E-state index in [1.165, 1.54) is 18.0 Å². The number of hydrogen-bond acceptors (Lipinski definition) is 6. The summed E-state index contributed by atoms with van der Waals surface area (Å²) in [6.45, 7) is 5.22. The first-order valence-corrected chi connectivity index (χ1v) is 10.9. The van der Waals surface area contributed by atoms with Crippen LogP contribution < -0.4 is 10.6 Å². The van der Waals surface area contributed by atoms with E-state index in [0.29, 0.717) is 5.52 Å². The quantitative estimate of drug-likeness (QED) is 0.243. The number of hydrogen-bond donors (Lipinski definition) is 1. The van der Waals surface area contributed by atoms with Gasteiger partial charge in [0.1, 0.15) is 11.0 Å². The Morgan fingerprint density at radius 1 is 1.50 bits per heavy atom. The molecule has 1 heterocycles. The molecule has 9 nitrogen and oxygen atoms in total. The smallest absolute Gasteiger partial charge is 0.415 e. The number of amides is 1. The van der Waals surface area contributed by atoms with Crippen LogP contribution in [0.5, 0.6) is 0 Å². The Hall–Kier alpha value is -1.68. The molecule has 0 saturated heterocycles. The molecule has 0 aliphatic rings. The number of anilines is 2. The van der Waals surface area contributed by atoms with Crippen molar-refractivity contribution in [3.8, 4) is 0 Å². The number of carbonyl (C=O) groups excluding carboxylic acids is 1. The Morgan fingerprint density at radius 2 is 2.12 bits per heavy atom. The Morgan fingerprint density at radius 3 is 2.62 bits per heavy atom. The molecule has 0 spiro atoms. The average molecular weight is 465 g/mol. The molecule has 1 amide bonds. The second kappa shape index (κ2) is 6.67. The Labute approximate surface area is 153 Å². The SMILES string of the molecule is CN(C(=O)OC(C)(C)C)c1nn(PI)c2cc(N)cc([N+](=O)[O-])c12. The van der Waals surface area contributed by atoms with Gasteiger partial charge in [-0.05, 0) is 48.9 Å². The zero-order valence-electron chi connectivity index (χ0n) is 13.5. The van der Waals surface area contributed by atoms with E-state index >= 15 is 0 Å². The van der Waals surface area contributed by atoms with Gasteiger partial charge in [0.05, 0.1) is 16.8 Å². The molecule has 2 N–H and O–H groups in total. The number of carbonyl (C=O) groups is 1. The maximum atomic E-state index is 12.3. The van der Waals surface area contributed by atoms with Crippen LogP contribution in [0.3, 0.4) is 0 Å². The summed E-state index contributed by atoms with van der Waals surface area (Å²) in [6, 6.07) is 2.87. The van der Waals surface area contributed by atoms with Crippen molar-refractivity contribution in [1.29, 1.82) is 0 Å². The molecular weight excluding hydrogens is 448 g/mol. The lowest BCUT2D eigenvalue weighted by Gasteiger charge is -2.23. The van der Waals surface area contributed by atoms with Gasteiger partial charge < -0.3 is 10.5 Å². The highest BCUT2D eigenvalue weighted by molar-refractivity contribution is 14.2. The minimum Gasteiger partial charge on any atom is -0.443 e. The summed E-state index contributed by atoms with van der Waals surface area (Å²) in [5.74, 6) is 0.162. The summed E-state index contributed by atoms with van der Waals surface area (Å²) in [5.41, 5.74) is 5.64. The van der Waals surface area contributed by atoms with Gasteiger partial charge >= 0.3 is 6.09 Å². The topological polar surface area (TPSA) is 117 Å². The molecule has 0 fully saturated rings. The number of halogens is 1. The molecule has 1 unspecified atom stereocenters. The summed E-state index contributed by atoms with van der Waals surface area (Å²) >= 11 is 2.10. The number of ether oxygens (including phenoxy) is 1. The summed E-state index contributed by atoms with van der Waals surface area (Å²) in [7, 11) is 1.47. The molecule has 24 heavy (non-hydrogen) atoms. The Kier molecular flexibility index (Phi) is 5.19. The molecule has 0 radical (unpaired) electrons. The monoisotopic (exact) mass is 465 g/mol. The minimum atomic E-state index is -0.689. The lowest BCUT2D eigenvalue weighted by Crippen LogP contribution is -2.34. The van der Waals surface area contributed by atoms with Crippen molar-refractivity contribution in [2.45, 2.75) is 26.4 Å². The fourth-order valence-electron chi connectivity index (χ4n) is 2.09. The van der Waals surface area contributed by atoms with Crippen LogP contribution in [-0.2, 0) is 4.74 Å². The molecule has 0 aliphatic carbocycles. The van der Waals surface area contributed by atoms with Crippen LogP contribution >= 0.6 is 28.4 Å². The number of non-ortho nitro benzene ring substituents is 1. The zero-order chi connectivity index (χ0) is 18.2. The Bertz CT molecular complexity index is 817. The van der Waals surface area contributed by atoms with Crippen molar-refractivity contribution in [2.24, 2.45) is 0 Å². The van der Waals surface area contributed by atoms with Crippen molar-refractivity contribution in [3.63, 3.8) is 0 Å². The molecule has 130 valence electrons. The van der Waals surface area contributed by atoms with Gasteiger partial charge in [0, 0.05) is 18.8 Å². The largest absolute Gasteiger partial charge is 0.443 e. The lowest BCUT2D eigenvalue weighted by molar-refractivity contribution is -0.383. The fraction of sp³-hybridized carbons (Fsp3) is 0.385. The van der Waals surface area contributed by atoms with Crippen molar-refractivity contribution in [3.05, 3.63) is 22.2 Å². The number of nitrogens with zero attached hydrogens (tertiary/aromatic N) is 4. The summed E-state index contributed by atoms with van der Waals surface area (Å²) in [6.07, 6.45) is -0.456. The van der Waals surface area contributed by atoms with Crippen molar-refractivity contribution in [1.82, 2.24) is 9.55 Å². The van der Waals surface area contributed by atoms with E-state index in [4.69, 9.17) is 10.5 Å². The summed E-state index contributed by atoms with van der Waals surface area (Å²) < 4.78 is 6.89. The molecule has 1 aromatic heterocycles. The van der Waals surface area contributed by atoms with E-state index in [1.54, 1.807) is 31.3 Å². The molecule has 1 atom stereocenters. The van der Waals surface area contributed by atoms with Crippen LogP contribution in [0.15, 0.2) is 12.1 Å². The predicted octanol–water partition coefficient (Wildman–Crippen LogP) is 3.69. The van der Waals surface area contributed by atoms with Crippen LogP contribution in [0.25, 0.3) is 10.9 Å². The van der Waals surface area contributed by atoms with Crippen LogP contribution in [0.4, 0.5) is 22.0 Å². The van der Waals surface area contributed by atoms with Gasteiger partial charge in [-0.15, -0.1) is 5.10 Å². The van der Waals surface area contributed by atoms with Crippen LogP contribution in [0, 0.1) is 10.1 Å². The maximum Gasteiger partial charge on any atom is 0.415 e. The summed E-state index contributed by atoms with van der Waals surface area (Å²) in [5, 5.41) is 16.0. The van der Waals surface area contributed by atoms with Crippen LogP contribution in [0.2, 0.25) is 0 Å². The Balaban J connectivity index is 2.66. The van der Waals surface area contributed by atoms with E-state index in [2.05, 4.69) is 27.1 Å². The first kappa shape index (κ1) is 18.7. The predicted molar refractivity (Wildman–Crippen MR) is 103 cm³/mol. The third-order valence-corrected chi connectivity index (χ3v) is 4.90. The van der Waals surface area contributed by atoms with Crippen LogP contribution in [0.1, 0.15) is 20.8 Å². The number of nitro benzene ring substituents is 1. The number of nitrogen functional groups attached to an aromatic ring is 1. The molecule has 11 heteroatoms. The third-order valence-electron chi connectivity index (χ3n) is 3.03. The van der Waals surface area contributed by atoms with Gasteiger partial charge in [0.15, 0.2) is 5.82 Å². The molecule has 0 saturated carbocycles. The van der Waals surface area contributed by atoms with Gasteiger partial charge in [0.25, 0.3) is 5.69 Å². The second-order valence-electron chi connectivity index (χ2n) is 6.05. The van der Waals surface area contributed by atoms with Gasteiger partial charge in [-0.2, -0.15) is 0 Å². The molecule has 1 aromatic carbocycles. The highest BCUT2D eigenvalue weighted by Gasteiger charge is 2.29. The normalized spacial score (nSPS) is 12.0. The van der Waals surface area contributed by atoms with E-state index in [0.717, 1.165) is 0 Å². The van der Waals surface area contributed by atoms with Gasteiger partial charge in [-0.3, -0.25) is 15.0 Å². The summed E-state index contributed by atoms with van der Waals surface area (Å²) in [4.78, 5) is 24.4. The molecule has 2 rings (SSSR count). The average Bonchev–Trinajstić information content (AvgIpc) is 2.81. The van der Waals surface area contributed by atoms with Crippen molar-refractivity contribution < 1.29 is 14.5 Å². The number of benzene rings is 1. The zero-order valence-corrected chi connectivity index (χ0v) is 16.7. The minimum absolute atomic E-state index is 0.162. The highest BCUT2D eigenvalue weighted by atomic mass is 127. The van der Waals surface area contributed by atoms with E-state index < -0.39 is 16.6 Å². The van der Waals surface area contributed by atoms with Gasteiger partial charge in [-0.1, -0.05) is 0 Å². The molecule has 0 aliphatic heterocycles. The van der Waals surface area contributed by atoms with Crippen molar-refractivity contribution in [2.75, 3.05) is 17.7 Å². The van der Waals surface area contributed by atoms with E-state index in [1.807, 2.05) is 0 Å². The third kappa shape index (κ3) is 3.69. The van der Waals surface area contributed by atoms with Crippen molar-refractivity contribution >= 4 is 62.6 Å². The number of nitro groups is 1. The van der Waals surface area contributed by atoms with E-state index in [9.17, 15) is 14.9 Å². The number of aromatic nitrogens is 2. The first-order chi connectivity index (χ1) is 11.0. The molecular formula is C13H17IN5O4P. The fourth-order valence-corrected chi connectivity index (χ4v) is 3.59. The lowest BCUT2D eigenvalue weighted by atomic mass is 10.2. The highest BCUT2D eigenvalue weighted by Crippen LogP contribution is 2.40. The number of fused-ring (bicyclic) bond motifs is 1. The second-order valence-corrected chi connectivity index (χ2v) is 8.09. The standard InChI is InChI=1S/C13H17IN5O4P/c1-13(2,3)23-12(20)17(4)11-10-8(18(16-11)24-14)5-7(15)6-9(10)19(21)22/h5-6,24H,15H2,1-4H3. The first-order valence-electron chi connectivity index (χ1n) is 6.85. The molecule has 2 aromatic rings. The number of nitrogens with two attached hydrogens (primary N) is 1. The van der Waals surface area contributed by atoms with Crippen LogP contribution in [-0.4, -0.2) is 33.2 Å². The molecule has 0 bridgehead atoms. The number of rotatable bonds is 3.